The number of benzene rings is 1. The Hall–Kier alpha value is -1.90. The van der Waals surface area contributed by atoms with E-state index in [-0.39, 0.29) is 15.7 Å². The number of aliphatic hydroxyl groups excluding tert-OH is 1. The van der Waals surface area contributed by atoms with Crippen LogP contribution in [0.3, 0.4) is 0 Å². The molecule has 0 fully saturated rings. The largest absolute Gasteiger partial charge is 0.505 e. The van der Waals surface area contributed by atoms with E-state index in [2.05, 4.69) is 5.32 Å². The van der Waals surface area contributed by atoms with Crippen LogP contribution in [0.15, 0.2) is 46.7 Å². The topological polar surface area (TPSA) is 69.6 Å². The number of thiocarbonyl (C=S) groups is 1. The summed E-state index contributed by atoms with van der Waals surface area (Å²) in [6, 6.07) is 10.6. The van der Waals surface area contributed by atoms with Crippen LogP contribution >= 0.6 is 23.6 Å². The van der Waals surface area contributed by atoms with Crippen LogP contribution in [0.25, 0.3) is 5.76 Å². The fourth-order valence-corrected chi connectivity index (χ4v) is 5.00. The van der Waals surface area contributed by atoms with Crippen molar-refractivity contribution >= 4 is 55.7 Å². The normalized spacial score (nSPS) is 16.3. The van der Waals surface area contributed by atoms with Gasteiger partial charge in [0.2, 0.25) is 0 Å². The van der Waals surface area contributed by atoms with E-state index in [9.17, 15) is 13.5 Å². The summed E-state index contributed by atoms with van der Waals surface area (Å²) < 4.78 is 26.3. The second-order valence-electron chi connectivity index (χ2n) is 4.61. The number of hydrogen-bond donors (Lipinski definition) is 2. The summed E-state index contributed by atoms with van der Waals surface area (Å²) in [5.41, 5.74) is 1.11. The lowest BCUT2D eigenvalue weighted by Crippen LogP contribution is -2.35. The molecule has 0 amide bonds. The van der Waals surface area contributed by atoms with Gasteiger partial charge in [-0.2, -0.15) is 0 Å². The van der Waals surface area contributed by atoms with Crippen LogP contribution in [-0.2, 0) is 10.0 Å². The lowest BCUT2D eigenvalue weighted by Gasteiger charge is -2.27. The van der Waals surface area contributed by atoms with E-state index in [1.807, 2.05) is 6.07 Å². The van der Waals surface area contributed by atoms with Crippen molar-refractivity contribution in [3.63, 3.8) is 0 Å². The Morgan fingerprint density at radius 3 is 2.64 bits per heavy atom. The van der Waals surface area contributed by atoms with Crippen molar-refractivity contribution in [3.05, 3.63) is 51.6 Å². The number of anilines is 2. The van der Waals surface area contributed by atoms with E-state index in [1.165, 1.54) is 18.4 Å². The number of hydrogen-bond acceptors (Lipinski definition) is 5. The van der Waals surface area contributed by atoms with E-state index < -0.39 is 10.0 Å². The minimum Gasteiger partial charge on any atom is -0.505 e. The predicted molar refractivity (Wildman–Crippen MR) is 93.9 cm³/mol. The number of nitrogens with one attached hydrogen (secondary N) is 1. The number of aliphatic hydroxyl groups is 1. The Morgan fingerprint density at radius 2 is 1.95 bits per heavy atom. The number of nitrogens with zero attached hydrogens (tertiary/aromatic N) is 1. The van der Waals surface area contributed by atoms with Gasteiger partial charge >= 0.3 is 0 Å². The number of sulfonamides is 1. The molecule has 0 bridgehead atoms. The summed E-state index contributed by atoms with van der Waals surface area (Å²) in [5.74, 6) is -0.309. The van der Waals surface area contributed by atoms with Gasteiger partial charge in [0.25, 0.3) is 10.0 Å². The number of para-hydroxylation sites is 1. The smallest absolute Gasteiger partial charge is 0.270 e. The highest BCUT2D eigenvalue weighted by atomic mass is 32.2. The minimum atomic E-state index is -3.89. The molecule has 0 aliphatic carbocycles. The van der Waals surface area contributed by atoms with Crippen LogP contribution in [0.4, 0.5) is 11.4 Å². The third-order valence-electron chi connectivity index (χ3n) is 3.27. The van der Waals surface area contributed by atoms with Crippen molar-refractivity contribution < 1.29 is 13.5 Å². The Morgan fingerprint density at radius 1 is 1.27 bits per heavy atom. The van der Waals surface area contributed by atoms with Crippen molar-refractivity contribution in [2.24, 2.45) is 0 Å². The van der Waals surface area contributed by atoms with Crippen molar-refractivity contribution in [1.82, 2.24) is 0 Å². The third-order valence-corrected chi connectivity index (χ3v) is 6.45. The molecule has 1 aliphatic heterocycles. The van der Waals surface area contributed by atoms with Crippen molar-refractivity contribution in [2.45, 2.75) is 0 Å². The van der Waals surface area contributed by atoms with Crippen molar-refractivity contribution in [1.29, 1.82) is 0 Å². The molecule has 2 N–H and O–H groups in total. The molecular formula is C14H12N2O3S3. The van der Waals surface area contributed by atoms with Gasteiger partial charge in [0, 0.05) is 12.7 Å². The molecule has 1 aromatic carbocycles. The zero-order valence-electron chi connectivity index (χ0n) is 11.5. The maximum Gasteiger partial charge on any atom is 0.270 e. The van der Waals surface area contributed by atoms with E-state index >= 15 is 0 Å². The maximum atomic E-state index is 12.6. The van der Waals surface area contributed by atoms with Gasteiger partial charge in [-0.1, -0.05) is 30.4 Å². The molecule has 0 unspecified atom stereocenters. The molecule has 0 spiro atoms. The molecule has 0 radical (unpaired) electrons. The van der Waals surface area contributed by atoms with Crippen LogP contribution < -0.4 is 9.62 Å². The van der Waals surface area contributed by atoms with Crippen LogP contribution in [0.1, 0.15) is 4.88 Å². The van der Waals surface area contributed by atoms with Gasteiger partial charge in [-0.3, -0.25) is 4.31 Å². The first-order valence-corrected chi connectivity index (χ1v) is 9.02. The number of rotatable bonds is 2. The fraction of sp³-hybridized carbons (Fsp3) is 0.0714. The molecule has 1 aromatic heterocycles. The first-order valence-electron chi connectivity index (χ1n) is 6.29. The molecule has 114 valence electrons. The van der Waals surface area contributed by atoms with Gasteiger partial charge in [-0.25, -0.2) is 8.42 Å². The molecule has 0 atom stereocenters. The van der Waals surface area contributed by atoms with Gasteiger partial charge in [-0.15, -0.1) is 11.3 Å². The summed E-state index contributed by atoms with van der Waals surface area (Å²) in [5, 5.41) is 14.9. The number of thiophene rings is 1. The highest BCUT2D eigenvalue weighted by molar-refractivity contribution is 7.99. The van der Waals surface area contributed by atoms with E-state index in [0.717, 1.165) is 4.31 Å². The zero-order chi connectivity index (χ0) is 15.9. The number of fused-ring (bicyclic) bond motifs is 1. The van der Waals surface area contributed by atoms with Gasteiger partial charge in [-0.05, 0) is 23.6 Å². The summed E-state index contributed by atoms with van der Waals surface area (Å²) in [4.78, 5) is 0.183. The maximum absolute atomic E-state index is 12.6. The molecular weight excluding hydrogens is 340 g/mol. The van der Waals surface area contributed by atoms with Crippen LogP contribution in [0.5, 0.6) is 0 Å². The molecule has 8 heteroatoms. The second kappa shape index (κ2) is 5.38. The second-order valence-corrected chi connectivity index (χ2v) is 7.84. The standard InChI is InChI=1S/C14H12N2O3S3/c1-16-10-7-8-21-12(10)11(17)13(22(16,18)19)14(20)15-9-5-3-2-4-6-9/h2-8,17H,1H3,(H,15,20). The van der Waals surface area contributed by atoms with Gasteiger partial charge in [0.05, 0.1) is 10.6 Å². The first kappa shape index (κ1) is 15.0. The summed E-state index contributed by atoms with van der Waals surface area (Å²) in [6.45, 7) is 0. The van der Waals surface area contributed by atoms with Crippen molar-refractivity contribution in [3.8, 4) is 0 Å². The highest BCUT2D eigenvalue weighted by Gasteiger charge is 2.38. The summed E-state index contributed by atoms with van der Waals surface area (Å²) in [7, 11) is -2.45. The lowest BCUT2D eigenvalue weighted by molar-refractivity contribution is 0.511. The van der Waals surface area contributed by atoms with Gasteiger partial charge < -0.3 is 10.4 Å². The SMILES string of the molecule is CN1c2ccsc2C(O)=C(C(=S)Nc2ccccc2)S1(=O)=O. The Bertz CT molecular complexity index is 870. The Balaban J connectivity index is 2.08. The quantitative estimate of drug-likeness (QED) is 0.813. The fourth-order valence-electron chi connectivity index (χ4n) is 2.15. The van der Waals surface area contributed by atoms with Crippen LogP contribution in [0.2, 0.25) is 0 Å². The lowest BCUT2D eigenvalue weighted by atomic mass is 10.3. The zero-order valence-corrected chi connectivity index (χ0v) is 13.9. The van der Waals surface area contributed by atoms with Crippen LogP contribution in [-0.4, -0.2) is 25.6 Å². The van der Waals surface area contributed by atoms with E-state index in [1.54, 1.807) is 35.7 Å². The van der Waals surface area contributed by atoms with Crippen LogP contribution in [0, 0.1) is 0 Å². The molecule has 0 saturated heterocycles. The Kier molecular flexibility index (Phi) is 3.67. The van der Waals surface area contributed by atoms with Gasteiger partial charge in [0.1, 0.15) is 4.99 Å². The molecule has 2 aromatic rings. The third kappa shape index (κ3) is 2.29. The average Bonchev–Trinajstić information content (AvgIpc) is 2.95. The molecule has 22 heavy (non-hydrogen) atoms. The molecule has 5 nitrogen and oxygen atoms in total. The molecule has 2 heterocycles. The monoisotopic (exact) mass is 352 g/mol. The molecule has 3 rings (SSSR count). The van der Waals surface area contributed by atoms with E-state index in [4.69, 9.17) is 12.2 Å². The van der Waals surface area contributed by atoms with Gasteiger partial charge in [0.15, 0.2) is 10.7 Å². The summed E-state index contributed by atoms with van der Waals surface area (Å²) in [6.07, 6.45) is 0. The average molecular weight is 352 g/mol. The Labute approximate surface area is 137 Å². The van der Waals surface area contributed by atoms with E-state index in [0.29, 0.717) is 16.3 Å². The highest BCUT2D eigenvalue weighted by Crippen LogP contribution is 2.41. The molecule has 1 aliphatic rings. The molecule has 0 saturated carbocycles. The van der Waals surface area contributed by atoms with Crippen molar-refractivity contribution in [2.75, 3.05) is 16.7 Å². The first-order chi connectivity index (χ1) is 10.4. The minimum absolute atomic E-state index is 0.0328. The summed E-state index contributed by atoms with van der Waals surface area (Å²) >= 11 is 6.47. The predicted octanol–water partition coefficient (Wildman–Crippen LogP) is 3.19.